The molecule has 138 valence electrons. The maximum Gasteiger partial charge on any atom is 0.263 e. The van der Waals surface area contributed by atoms with Crippen LogP contribution in [0.25, 0.3) is 11.3 Å². The van der Waals surface area contributed by atoms with Crippen LogP contribution in [0.1, 0.15) is 23.2 Å². The minimum absolute atomic E-state index is 0.0481. The van der Waals surface area contributed by atoms with Crippen LogP contribution in [-0.4, -0.2) is 30.1 Å². The topological polar surface area (TPSA) is 42.4 Å². The number of benzene rings is 2. The van der Waals surface area contributed by atoms with Crippen LogP contribution in [0, 0.1) is 5.82 Å². The first-order valence-electron chi connectivity index (χ1n) is 8.91. The third kappa shape index (κ3) is 3.91. The Hall–Kier alpha value is -2.57. The molecular formula is C21H19FN2O2S. The van der Waals surface area contributed by atoms with Crippen molar-refractivity contribution in [1.29, 1.82) is 0 Å². The Morgan fingerprint density at radius 1 is 1.19 bits per heavy atom. The maximum atomic E-state index is 14.2. The first-order valence-corrected chi connectivity index (χ1v) is 9.79. The monoisotopic (exact) mass is 382 g/mol. The lowest BCUT2D eigenvalue weighted by molar-refractivity contribution is 0.0914. The second-order valence-corrected chi connectivity index (χ2v) is 7.25. The number of aromatic nitrogens is 1. The van der Waals surface area contributed by atoms with E-state index in [-0.39, 0.29) is 11.7 Å². The van der Waals surface area contributed by atoms with Gasteiger partial charge in [0.15, 0.2) is 5.13 Å². The van der Waals surface area contributed by atoms with Crippen molar-refractivity contribution in [3.63, 3.8) is 0 Å². The van der Waals surface area contributed by atoms with Crippen molar-refractivity contribution < 1.29 is 13.9 Å². The Morgan fingerprint density at radius 2 is 1.96 bits per heavy atom. The Labute approximate surface area is 161 Å². The van der Waals surface area contributed by atoms with E-state index in [1.54, 1.807) is 17.0 Å². The first kappa shape index (κ1) is 17.8. The van der Waals surface area contributed by atoms with Gasteiger partial charge >= 0.3 is 0 Å². The van der Waals surface area contributed by atoms with E-state index in [4.69, 9.17) is 4.74 Å². The number of ether oxygens (including phenoxy) is 1. The Balaban J connectivity index is 1.67. The summed E-state index contributed by atoms with van der Waals surface area (Å²) in [6.45, 7) is 1.06. The van der Waals surface area contributed by atoms with E-state index < -0.39 is 11.7 Å². The zero-order valence-corrected chi connectivity index (χ0v) is 15.5. The summed E-state index contributed by atoms with van der Waals surface area (Å²) in [5, 5.41) is 2.47. The van der Waals surface area contributed by atoms with Crippen molar-refractivity contribution in [1.82, 2.24) is 4.98 Å². The van der Waals surface area contributed by atoms with Gasteiger partial charge in [0.2, 0.25) is 0 Å². The number of thiazole rings is 1. The van der Waals surface area contributed by atoms with Crippen molar-refractivity contribution in [2.45, 2.75) is 18.9 Å². The maximum absolute atomic E-state index is 14.2. The molecule has 0 aliphatic carbocycles. The number of halogens is 1. The van der Waals surface area contributed by atoms with Crippen LogP contribution in [-0.2, 0) is 4.74 Å². The van der Waals surface area contributed by atoms with Crippen molar-refractivity contribution in [3.05, 3.63) is 71.4 Å². The lowest BCUT2D eigenvalue weighted by Gasteiger charge is -2.23. The molecule has 1 amide bonds. The summed E-state index contributed by atoms with van der Waals surface area (Å²) < 4.78 is 19.9. The molecule has 27 heavy (non-hydrogen) atoms. The quantitative estimate of drug-likeness (QED) is 0.638. The van der Waals surface area contributed by atoms with Gasteiger partial charge in [-0.25, -0.2) is 9.37 Å². The Morgan fingerprint density at radius 3 is 2.70 bits per heavy atom. The van der Waals surface area contributed by atoms with Gasteiger partial charge in [0, 0.05) is 17.6 Å². The molecule has 6 heteroatoms. The van der Waals surface area contributed by atoms with Gasteiger partial charge in [-0.15, -0.1) is 11.3 Å². The number of hydrogen-bond acceptors (Lipinski definition) is 4. The van der Waals surface area contributed by atoms with E-state index >= 15 is 0 Å². The van der Waals surface area contributed by atoms with E-state index in [0.29, 0.717) is 18.3 Å². The van der Waals surface area contributed by atoms with Crippen molar-refractivity contribution in [2.24, 2.45) is 0 Å². The molecule has 2 aromatic carbocycles. The van der Waals surface area contributed by atoms with Crippen molar-refractivity contribution >= 4 is 22.4 Å². The molecule has 1 aliphatic rings. The van der Waals surface area contributed by atoms with Gasteiger partial charge in [-0.05, 0) is 25.0 Å². The van der Waals surface area contributed by atoms with Gasteiger partial charge in [0.1, 0.15) is 5.82 Å². The number of hydrogen-bond donors (Lipinski definition) is 0. The second-order valence-electron chi connectivity index (χ2n) is 6.41. The molecule has 0 bridgehead atoms. The highest BCUT2D eigenvalue weighted by Crippen LogP contribution is 2.30. The number of nitrogens with zero attached hydrogens (tertiary/aromatic N) is 2. The number of carbonyl (C=O) groups excluding carboxylic acids is 1. The predicted octanol–water partition coefficient (Wildman–Crippen LogP) is 4.78. The normalized spacial score (nSPS) is 16.4. The van der Waals surface area contributed by atoms with Crippen LogP contribution in [0.5, 0.6) is 0 Å². The molecule has 0 radical (unpaired) electrons. The molecular weight excluding hydrogens is 363 g/mol. The van der Waals surface area contributed by atoms with Gasteiger partial charge < -0.3 is 4.74 Å². The highest BCUT2D eigenvalue weighted by molar-refractivity contribution is 7.14. The van der Waals surface area contributed by atoms with Crippen molar-refractivity contribution in [2.75, 3.05) is 18.1 Å². The van der Waals surface area contributed by atoms with Crippen LogP contribution in [0.15, 0.2) is 60.0 Å². The highest BCUT2D eigenvalue weighted by Gasteiger charge is 2.28. The van der Waals surface area contributed by atoms with Gasteiger partial charge in [0.05, 0.1) is 23.9 Å². The molecule has 2 heterocycles. The van der Waals surface area contributed by atoms with Crippen LogP contribution in [0.4, 0.5) is 9.52 Å². The molecule has 3 aromatic rings. The number of amides is 1. The zero-order chi connectivity index (χ0) is 18.6. The summed E-state index contributed by atoms with van der Waals surface area (Å²) in [6, 6.07) is 15.8. The minimum atomic E-state index is -0.528. The van der Waals surface area contributed by atoms with Crippen LogP contribution >= 0.6 is 11.3 Å². The smallest absolute Gasteiger partial charge is 0.263 e. The van der Waals surface area contributed by atoms with Gasteiger partial charge in [-0.2, -0.15) is 0 Å². The number of anilines is 1. The second kappa shape index (κ2) is 7.98. The Kier molecular flexibility index (Phi) is 5.27. The van der Waals surface area contributed by atoms with Crippen LogP contribution < -0.4 is 4.90 Å². The van der Waals surface area contributed by atoms with Crippen molar-refractivity contribution in [3.8, 4) is 11.3 Å². The van der Waals surface area contributed by atoms with Gasteiger partial charge in [-0.3, -0.25) is 9.69 Å². The highest BCUT2D eigenvalue weighted by atomic mass is 32.1. The molecule has 0 spiro atoms. The van der Waals surface area contributed by atoms with E-state index in [9.17, 15) is 9.18 Å². The lowest BCUT2D eigenvalue weighted by Crippen LogP contribution is -2.38. The van der Waals surface area contributed by atoms with E-state index in [2.05, 4.69) is 4.98 Å². The molecule has 4 rings (SSSR count). The standard InChI is InChI=1S/C21H19FN2O2S/c22-18-11-5-4-10-17(18)20(25)24(13-16-9-6-12-26-16)21-23-19(14-27-21)15-7-2-1-3-8-15/h1-5,7-8,10-11,14,16H,6,9,12-13H2/t16-/m0/s1. The van der Waals surface area contributed by atoms with Crippen LogP contribution in [0.2, 0.25) is 0 Å². The van der Waals surface area contributed by atoms with E-state index in [1.165, 1.54) is 23.5 Å². The first-order chi connectivity index (χ1) is 13.2. The van der Waals surface area contributed by atoms with E-state index in [0.717, 1.165) is 24.1 Å². The molecule has 0 N–H and O–H groups in total. The third-order valence-electron chi connectivity index (χ3n) is 4.55. The van der Waals surface area contributed by atoms with Gasteiger partial charge in [0.25, 0.3) is 5.91 Å². The predicted molar refractivity (Wildman–Crippen MR) is 105 cm³/mol. The minimum Gasteiger partial charge on any atom is -0.376 e. The average molecular weight is 382 g/mol. The summed E-state index contributed by atoms with van der Waals surface area (Å²) >= 11 is 1.38. The fraction of sp³-hybridized carbons (Fsp3) is 0.238. The molecule has 1 atom stereocenters. The molecule has 0 unspecified atom stereocenters. The van der Waals surface area contributed by atoms with Gasteiger partial charge in [-0.1, -0.05) is 42.5 Å². The molecule has 1 fully saturated rings. The molecule has 1 saturated heterocycles. The number of carbonyl (C=O) groups is 1. The third-order valence-corrected chi connectivity index (χ3v) is 5.42. The molecule has 1 aromatic heterocycles. The largest absolute Gasteiger partial charge is 0.376 e. The average Bonchev–Trinajstić information content (AvgIpc) is 3.39. The fourth-order valence-electron chi connectivity index (χ4n) is 3.15. The van der Waals surface area contributed by atoms with E-state index in [1.807, 2.05) is 35.7 Å². The zero-order valence-electron chi connectivity index (χ0n) is 14.7. The lowest BCUT2D eigenvalue weighted by atomic mass is 10.1. The summed E-state index contributed by atoms with van der Waals surface area (Å²) in [5.41, 5.74) is 1.83. The molecule has 4 nitrogen and oxygen atoms in total. The summed E-state index contributed by atoms with van der Waals surface area (Å²) in [5.74, 6) is -0.919. The fourth-order valence-corrected chi connectivity index (χ4v) is 3.99. The molecule has 1 aliphatic heterocycles. The summed E-state index contributed by atoms with van der Waals surface area (Å²) in [7, 11) is 0. The summed E-state index contributed by atoms with van der Waals surface area (Å²) in [4.78, 5) is 19.3. The van der Waals surface area contributed by atoms with Crippen LogP contribution in [0.3, 0.4) is 0 Å². The summed E-state index contributed by atoms with van der Waals surface area (Å²) in [6.07, 6.45) is 1.81. The Bertz CT molecular complexity index is 923. The molecule has 0 saturated carbocycles. The SMILES string of the molecule is O=C(c1ccccc1F)N(C[C@@H]1CCCO1)c1nc(-c2ccccc2)cs1. The number of rotatable bonds is 5.